The zero-order valence-corrected chi connectivity index (χ0v) is 11.0. The fourth-order valence-corrected chi connectivity index (χ4v) is 2.63. The van der Waals surface area contributed by atoms with Crippen LogP contribution >= 0.6 is 11.8 Å². The van der Waals surface area contributed by atoms with Crippen molar-refractivity contribution in [1.29, 1.82) is 0 Å². The van der Waals surface area contributed by atoms with Gasteiger partial charge in [0, 0.05) is 25.6 Å². The van der Waals surface area contributed by atoms with E-state index in [0.717, 1.165) is 29.6 Å². The molecule has 0 atom stereocenters. The number of rotatable bonds is 6. The number of aromatic nitrogens is 2. The van der Waals surface area contributed by atoms with Gasteiger partial charge in [-0.3, -0.25) is 0 Å². The van der Waals surface area contributed by atoms with Crippen LogP contribution in [0.2, 0.25) is 0 Å². The number of fused-ring (bicyclic) bond motifs is 1. The highest BCUT2D eigenvalue weighted by Gasteiger charge is 2.10. The van der Waals surface area contributed by atoms with E-state index in [-0.39, 0.29) is 0 Å². The number of hydrogen-bond acceptors (Lipinski definition) is 4. The lowest BCUT2D eigenvalue weighted by Crippen LogP contribution is -2.08. The van der Waals surface area contributed by atoms with Crippen molar-refractivity contribution in [3.8, 4) is 0 Å². The molecule has 17 heavy (non-hydrogen) atoms. The van der Waals surface area contributed by atoms with Crippen molar-refractivity contribution in [2.24, 2.45) is 0 Å². The Kier molecular flexibility index (Phi) is 4.42. The third-order valence-corrected chi connectivity index (χ3v) is 3.43. The van der Waals surface area contributed by atoms with Crippen molar-refractivity contribution in [3.05, 3.63) is 30.1 Å². The molecule has 0 aromatic carbocycles. The van der Waals surface area contributed by atoms with E-state index in [2.05, 4.69) is 20.9 Å². The quantitative estimate of drug-likeness (QED) is 0.627. The van der Waals surface area contributed by atoms with E-state index in [1.807, 2.05) is 25.2 Å². The van der Waals surface area contributed by atoms with Gasteiger partial charge in [0.05, 0.1) is 12.3 Å². The standard InChI is InChI=1S/C12H17N3OS/c1-13-9-10-12(17-8-7-16-2)14-11-5-3-4-6-15(10)11/h3-6,13H,7-9H2,1-2H3. The zero-order valence-electron chi connectivity index (χ0n) is 10.1. The monoisotopic (exact) mass is 251 g/mol. The number of nitrogens with zero attached hydrogens (tertiary/aromatic N) is 2. The van der Waals surface area contributed by atoms with E-state index in [1.54, 1.807) is 18.9 Å². The number of pyridine rings is 1. The Morgan fingerprint density at radius 2 is 2.35 bits per heavy atom. The van der Waals surface area contributed by atoms with Crippen molar-refractivity contribution in [2.75, 3.05) is 26.5 Å². The lowest BCUT2D eigenvalue weighted by atomic mass is 10.4. The zero-order chi connectivity index (χ0) is 12.1. The van der Waals surface area contributed by atoms with E-state index < -0.39 is 0 Å². The number of hydrogen-bond donors (Lipinski definition) is 1. The maximum absolute atomic E-state index is 5.07. The first kappa shape index (κ1) is 12.4. The fourth-order valence-electron chi connectivity index (χ4n) is 1.69. The summed E-state index contributed by atoms with van der Waals surface area (Å²) < 4.78 is 7.20. The predicted octanol–water partition coefficient (Wildman–Crippen LogP) is 1.79. The largest absolute Gasteiger partial charge is 0.384 e. The first-order chi connectivity index (χ1) is 8.36. The number of imidazole rings is 1. The minimum Gasteiger partial charge on any atom is -0.384 e. The van der Waals surface area contributed by atoms with Crippen molar-refractivity contribution in [1.82, 2.24) is 14.7 Å². The van der Waals surface area contributed by atoms with E-state index in [0.29, 0.717) is 0 Å². The Balaban J connectivity index is 2.29. The molecule has 0 fully saturated rings. The summed E-state index contributed by atoms with van der Waals surface area (Å²) in [5, 5.41) is 4.27. The van der Waals surface area contributed by atoms with Gasteiger partial charge < -0.3 is 14.5 Å². The molecule has 2 heterocycles. The molecule has 0 amide bonds. The second kappa shape index (κ2) is 6.05. The normalized spacial score (nSPS) is 11.2. The van der Waals surface area contributed by atoms with Gasteiger partial charge in [-0.2, -0.15) is 0 Å². The minimum absolute atomic E-state index is 0.748. The average molecular weight is 251 g/mol. The van der Waals surface area contributed by atoms with Crippen LogP contribution in [0.4, 0.5) is 0 Å². The molecule has 5 heteroatoms. The van der Waals surface area contributed by atoms with E-state index in [4.69, 9.17) is 4.74 Å². The average Bonchev–Trinajstić information content (AvgIpc) is 2.69. The van der Waals surface area contributed by atoms with Gasteiger partial charge in [-0.05, 0) is 19.2 Å². The van der Waals surface area contributed by atoms with Crippen molar-refractivity contribution in [2.45, 2.75) is 11.6 Å². The van der Waals surface area contributed by atoms with E-state index >= 15 is 0 Å². The van der Waals surface area contributed by atoms with E-state index in [1.165, 1.54) is 5.69 Å². The highest BCUT2D eigenvalue weighted by atomic mass is 32.2. The Labute approximate surface area is 105 Å². The molecular formula is C12H17N3OS. The molecule has 0 radical (unpaired) electrons. The summed E-state index contributed by atoms with van der Waals surface area (Å²) in [5.41, 5.74) is 2.21. The van der Waals surface area contributed by atoms with Crippen LogP contribution in [0.15, 0.2) is 29.4 Å². The molecule has 0 saturated carbocycles. The molecule has 0 aliphatic carbocycles. The molecule has 0 bridgehead atoms. The van der Waals surface area contributed by atoms with Gasteiger partial charge in [0.25, 0.3) is 0 Å². The summed E-state index contributed by atoms with van der Waals surface area (Å²) in [6.45, 7) is 1.57. The first-order valence-corrected chi connectivity index (χ1v) is 6.57. The van der Waals surface area contributed by atoms with Gasteiger partial charge >= 0.3 is 0 Å². The maximum Gasteiger partial charge on any atom is 0.138 e. The van der Waals surface area contributed by atoms with Crippen LogP contribution < -0.4 is 5.32 Å². The maximum atomic E-state index is 5.07. The van der Waals surface area contributed by atoms with Gasteiger partial charge in [-0.1, -0.05) is 6.07 Å². The van der Waals surface area contributed by atoms with Crippen molar-refractivity contribution >= 4 is 17.4 Å². The molecule has 0 saturated heterocycles. The summed E-state index contributed by atoms with van der Waals surface area (Å²) in [6.07, 6.45) is 2.05. The molecule has 1 N–H and O–H groups in total. The van der Waals surface area contributed by atoms with Crippen LogP contribution in [-0.2, 0) is 11.3 Å². The summed E-state index contributed by atoms with van der Waals surface area (Å²) in [6, 6.07) is 6.06. The predicted molar refractivity (Wildman–Crippen MR) is 70.6 cm³/mol. The topological polar surface area (TPSA) is 38.6 Å². The summed E-state index contributed by atoms with van der Waals surface area (Å²) in [7, 11) is 3.67. The molecular weight excluding hydrogens is 234 g/mol. The smallest absolute Gasteiger partial charge is 0.138 e. The van der Waals surface area contributed by atoms with Gasteiger partial charge in [-0.15, -0.1) is 11.8 Å². The fraction of sp³-hybridized carbons (Fsp3) is 0.417. The molecule has 92 valence electrons. The SMILES string of the molecule is CNCc1c(SCCOC)nc2ccccn12. The van der Waals surface area contributed by atoms with Crippen LogP contribution in [0, 0.1) is 0 Å². The summed E-state index contributed by atoms with van der Waals surface area (Å²) in [4.78, 5) is 4.63. The molecule has 0 aliphatic rings. The molecule has 0 aliphatic heterocycles. The van der Waals surface area contributed by atoms with Gasteiger partial charge in [0.15, 0.2) is 0 Å². The van der Waals surface area contributed by atoms with Crippen LogP contribution in [-0.4, -0.2) is 35.9 Å². The number of methoxy groups -OCH3 is 1. The second-order valence-corrected chi connectivity index (χ2v) is 4.75. The number of ether oxygens (including phenoxy) is 1. The second-order valence-electron chi connectivity index (χ2n) is 3.66. The van der Waals surface area contributed by atoms with Gasteiger partial charge in [0.2, 0.25) is 0 Å². The first-order valence-electron chi connectivity index (χ1n) is 5.59. The molecule has 2 rings (SSSR count). The summed E-state index contributed by atoms with van der Waals surface area (Å²) >= 11 is 1.74. The van der Waals surface area contributed by atoms with Crippen LogP contribution in [0.25, 0.3) is 5.65 Å². The minimum atomic E-state index is 0.748. The molecule has 2 aromatic rings. The number of thioether (sulfide) groups is 1. The molecule has 0 unspecified atom stereocenters. The molecule has 2 aromatic heterocycles. The van der Waals surface area contributed by atoms with Crippen LogP contribution in [0.3, 0.4) is 0 Å². The lowest BCUT2D eigenvalue weighted by molar-refractivity contribution is 0.218. The van der Waals surface area contributed by atoms with Crippen molar-refractivity contribution in [3.63, 3.8) is 0 Å². The third-order valence-electron chi connectivity index (χ3n) is 2.46. The van der Waals surface area contributed by atoms with Gasteiger partial charge in [0.1, 0.15) is 10.7 Å². The van der Waals surface area contributed by atoms with Gasteiger partial charge in [-0.25, -0.2) is 4.98 Å². The lowest BCUT2D eigenvalue weighted by Gasteiger charge is -2.03. The number of nitrogens with one attached hydrogen (secondary N) is 1. The van der Waals surface area contributed by atoms with Crippen LogP contribution in [0.1, 0.15) is 5.69 Å². The summed E-state index contributed by atoms with van der Waals surface area (Å²) in [5.74, 6) is 0.928. The Morgan fingerprint density at radius 1 is 1.47 bits per heavy atom. The Bertz CT molecular complexity index is 484. The Morgan fingerprint density at radius 3 is 3.12 bits per heavy atom. The highest BCUT2D eigenvalue weighted by Crippen LogP contribution is 2.23. The molecule has 4 nitrogen and oxygen atoms in total. The molecule has 0 spiro atoms. The third kappa shape index (κ3) is 2.80. The highest BCUT2D eigenvalue weighted by molar-refractivity contribution is 7.99. The van der Waals surface area contributed by atoms with Crippen LogP contribution in [0.5, 0.6) is 0 Å². The van der Waals surface area contributed by atoms with E-state index in [9.17, 15) is 0 Å². The Hall–Kier alpha value is -1.04. The van der Waals surface area contributed by atoms with Crippen molar-refractivity contribution < 1.29 is 4.74 Å².